The number of hydrogen-bond donors (Lipinski definition) is 0. The topological polar surface area (TPSA) is 119 Å². The number of amides is 1. The fourth-order valence-electron chi connectivity index (χ4n) is 2.70. The molecule has 0 atom stereocenters. The van der Waals surface area contributed by atoms with Gasteiger partial charge in [0.15, 0.2) is 5.17 Å². The normalized spacial score (nSPS) is 13.3. The maximum atomic E-state index is 12.8. The predicted molar refractivity (Wildman–Crippen MR) is 106 cm³/mol. The van der Waals surface area contributed by atoms with E-state index in [1.807, 2.05) is 0 Å². The molecule has 0 aromatic heterocycles. The molecule has 0 radical (unpaired) electrons. The van der Waals surface area contributed by atoms with E-state index in [9.17, 15) is 25.0 Å². The summed E-state index contributed by atoms with van der Waals surface area (Å²) < 4.78 is 0. The molecule has 2 aromatic carbocycles. The Hall–Kier alpha value is -3.27. The van der Waals surface area contributed by atoms with E-state index in [0.717, 1.165) is 5.56 Å². The first kappa shape index (κ1) is 19.5. The Bertz CT molecular complexity index is 974. The molecule has 0 fully saturated rings. The van der Waals surface area contributed by atoms with Crippen LogP contribution in [0.2, 0.25) is 0 Å². The number of thioether (sulfide) groups is 1. The molecule has 10 heteroatoms. The number of nitrogens with zero attached hydrogens (tertiary/aromatic N) is 4. The molecular weight excluding hydrogens is 384 g/mol. The zero-order valence-electron chi connectivity index (χ0n) is 14.9. The van der Waals surface area contributed by atoms with E-state index >= 15 is 0 Å². The molecule has 0 saturated carbocycles. The zero-order valence-corrected chi connectivity index (χ0v) is 15.7. The third-order valence-electron chi connectivity index (χ3n) is 4.21. The molecule has 0 saturated heterocycles. The molecule has 0 spiro atoms. The number of amidine groups is 1. The van der Waals surface area contributed by atoms with Crippen molar-refractivity contribution in [2.75, 3.05) is 13.1 Å². The van der Waals surface area contributed by atoms with Gasteiger partial charge < -0.3 is 0 Å². The molecule has 0 unspecified atom stereocenters. The summed E-state index contributed by atoms with van der Waals surface area (Å²) in [6.45, 7) is 2.49. The molecule has 1 aliphatic rings. The smallest absolute Gasteiger partial charge is 0.273 e. The summed E-state index contributed by atoms with van der Waals surface area (Å²) in [4.78, 5) is 39.5. The van der Waals surface area contributed by atoms with Crippen LogP contribution in [0.3, 0.4) is 0 Å². The van der Waals surface area contributed by atoms with Gasteiger partial charge in [0.25, 0.3) is 17.3 Å². The van der Waals surface area contributed by atoms with Gasteiger partial charge in [-0.3, -0.25) is 34.9 Å². The Balaban J connectivity index is 1.70. The first-order valence-electron chi connectivity index (χ1n) is 8.34. The lowest BCUT2D eigenvalue weighted by molar-refractivity contribution is -0.385. The molecule has 2 aromatic rings. The maximum absolute atomic E-state index is 12.8. The first-order chi connectivity index (χ1) is 13.4. The number of carbonyl (C=O) groups is 1. The summed E-state index contributed by atoms with van der Waals surface area (Å²) in [5, 5.41) is 22.4. The van der Waals surface area contributed by atoms with Crippen LogP contribution in [0.25, 0.3) is 0 Å². The lowest BCUT2D eigenvalue weighted by Gasteiger charge is -2.18. The Morgan fingerprint density at radius 2 is 1.86 bits per heavy atom. The molecule has 9 nitrogen and oxygen atoms in total. The fraction of sp³-hybridized carbons (Fsp3) is 0.222. The highest BCUT2D eigenvalue weighted by Gasteiger charge is 2.26. The van der Waals surface area contributed by atoms with Crippen molar-refractivity contribution in [3.63, 3.8) is 0 Å². The number of non-ortho nitro benzene ring substituents is 1. The number of benzene rings is 2. The van der Waals surface area contributed by atoms with Crippen molar-refractivity contribution in [2.24, 2.45) is 4.99 Å². The average molecular weight is 400 g/mol. The van der Waals surface area contributed by atoms with Crippen molar-refractivity contribution in [1.82, 2.24) is 4.90 Å². The Labute approximate surface area is 164 Å². The number of nitro groups is 2. The Morgan fingerprint density at radius 1 is 1.14 bits per heavy atom. The second kappa shape index (κ2) is 8.17. The van der Waals surface area contributed by atoms with Gasteiger partial charge in [0.2, 0.25) is 0 Å². The van der Waals surface area contributed by atoms with Crippen molar-refractivity contribution in [3.8, 4) is 0 Å². The molecule has 1 amide bonds. The molecular formula is C18H16N4O5S. The maximum Gasteiger partial charge on any atom is 0.273 e. The standard InChI is InChI=1S/C18H16N4O5S/c1-12-2-5-14(10-16(12)22(26)27)17(23)20-9-8-19-18(20)28-11-13-3-6-15(7-4-13)21(24)25/h2-7,10H,8-9,11H2,1H3. The highest BCUT2D eigenvalue weighted by Crippen LogP contribution is 2.25. The van der Waals surface area contributed by atoms with Crippen molar-refractivity contribution in [2.45, 2.75) is 12.7 Å². The average Bonchev–Trinajstić information content (AvgIpc) is 3.14. The van der Waals surface area contributed by atoms with E-state index < -0.39 is 9.85 Å². The SMILES string of the molecule is Cc1ccc(C(=O)N2CCN=C2SCc2ccc([N+](=O)[O-])cc2)cc1[N+](=O)[O-]. The van der Waals surface area contributed by atoms with Crippen LogP contribution in [0.15, 0.2) is 47.5 Å². The molecule has 3 rings (SSSR count). The third-order valence-corrected chi connectivity index (χ3v) is 5.30. The number of nitro benzene ring substituents is 2. The molecule has 0 N–H and O–H groups in total. The summed E-state index contributed by atoms with van der Waals surface area (Å²) in [5.41, 5.74) is 1.52. The highest BCUT2D eigenvalue weighted by molar-refractivity contribution is 8.13. The minimum atomic E-state index is -0.506. The summed E-state index contributed by atoms with van der Waals surface area (Å²) in [5.74, 6) is 0.157. The van der Waals surface area contributed by atoms with Gasteiger partial charge >= 0.3 is 0 Å². The fourth-order valence-corrected chi connectivity index (χ4v) is 3.70. The lowest BCUT2D eigenvalue weighted by Crippen LogP contribution is -2.32. The minimum absolute atomic E-state index is 0.0183. The van der Waals surface area contributed by atoms with Crippen LogP contribution >= 0.6 is 11.8 Å². The van der Waals surface area contributed by atoms with Crippen LogP contribution < -0.4 is 0 Å². The van der Waals surface area contributed by atoms with E-state index in [1.54, 1.807) is 31.2 Å². The summed E-state index contributed by atoms with van der Waals surface area (Å²) >= 11 is 1.35. The van der Waals surface area contributed by atoms with Crippen LogP contribution in [-0.2, 0) is 5.75 Å². The van der Waals surface area contributed by atoms with Crippen molar-refractivity contribution >= 4 is 34.2 Å². The van der Waals surface area contributed by atoms with E-state index in [-0.39, 0.29) is 22.8 Å². The molecule has 1 heterocycles. The van der Waals surface area contributed by atoms with Gasteiger partial charge in [-0.05, 0) is 18.6 Å². The quantitative estimate of drug-likeness (QED) is 0.559. The van der Waals surface area contributed by atoms with Crippen LogP contribution in [0.4, 0.5) is 11.4 Å². The number of rotatable bonds is 5. The van der Waals surface area contributed by atoms with Crippen molar-refractivity contribution < 1.29 is 14.6 Å². The Kier molecular flexibility index (Phi) is 5.69. The molecule has 28 heavy (non-hydrogen) atoms. The van der Waals surface area contributed by atoms with Gasteiger partial charge in [0.1, 0.15) is 0 Å². The molecule has 0 bridgehead atoms. The second-order valence-corrected chi connectivity index (χ2v) is 7.03. The predicted octanol–water partition coefficient (Wildman–Crippen LogP) is 3.56. The van der Waals surface area contributed by atoms with Crippen LogP contribution in [0.5, 0.6) is 0 Å². The highest BCUT2D eigenvalue weighted by atomic mass is 32.2. The Morgan fingerprint density at radius 3 is 2.50 bits per heavy atom. The molecule has 0 aliphatic carbocycles. The van der Waals surface area contributed by atoms with Crippen molar-refractivity contribution in [3.05, 3.63) is 79.4 Å². The van der Waals surface area contributed by atoms with E-state index in [1.165, 1.54) is 34.9 Å². The van der Waals surface area contributed by atoms with Gasteiger partial charge in [-0.15, -0.1) is 0 Å². The molecule has 1 aliphatic heterocycles. The van der Waals surface area contributed by atoms with Gasteiger partial charge in [0, 0.05) is 41.6 Å². The van der Waals surface area contributed by atoms with Gasteiger partial charge in [-0.2, -0.15) is 0 Å². The summed E-state index contributed by atoms with van der Waals surface area (Å²) in [6.07, 6.45) is 0. The van der Waals surface area contributed by atoms with E-state index in [2.05, 4.69) is 4.99 Å². The molecule has 144 valence electrons. The minimum Gasteiger partial charge on any atom is -0.286 e. The monoisotopic (exact) mass is 400 g/mol. The third kappa shape index (κ3) is 4.17. The van der Waals surface area contributed by atoms with E-state index in [4.69, 9.17) is 0 Å². The second-order valence-electron chi connectivity index (χ2n) is 6.09. The number of hydrogen-bond acceptors (Lipinski definition) is 7. The van der Waals surface area contributed by atoms with E-state index in [0.29, 0.717) is 29.6 Å². The van der Waals surface area contributed by atoms with Crippen LogP contribution in [-0.4, -0.2) is 38.9 Å². The zero-order chi connectivity index (χ0) is 20.3. The summed E-state index contributed by atoms with van der Waals surface area (Å²) in [6, 6.07) is 10.6. The lowest BCUT2D eigenvalue weighted by atomic mass is 10.1. The van der Waals surface area contributed by atoms with Gasteiger partial charge in [0.05, 0.1) is 16.4 Å². The number of aryl methyl sites for hydroxylation is 1. The van der Waals surface area contributed by atoms with Gasteiger partial charge in [-0.1, -0.05) is 30.0 Å². The van der Waals surface area contributed by atoms with Crippen LogP contribution in [0, 0.1) is 27.2 Å². The van der Waals surface area contributed by atoms with Crippen molar-refractivity contribution in [1.29, 1.82) is 0 Å². The van der Waals surface area contributed by atoms with Gasteiger partial charge in [-0.25, -0.2) is 0 Å². The number of carbonyl (C=O) groups excluding carboxylic acids is 1. The largest absolute Gasteiger partial charge is 0.286 e. The van der Waals surface area contributed by atoms with Crippen LogP contribution in [0.1, 0.15) is 21.5 Å². The number of aliphatic imine (C=N–C) groups is 1. The first-order valence-corrected chi connectivity index (χ1v) is 9.33. The summed E-state index contributed by atoms with van der Waals surface area (Å²) in [7, 11) is 0.